The molecule has 120 valence electrons. The summed E-state index contributed by atoms with van der Waals surface area (Å²) in [6.45, 7) is 0.952. The monoisotopic (exact) mass is 325 g/mol. The second-order valence-corrected chi connectivity index (χ2v) is 6.27. The van der Waals surface area contributed by atoms with E-state index in [0.29, 0.717) is 25.3 Å². The number of methoxy groups -OCH3 is 2. The molecule has 1 aromatic carbocycles. The molecule has 22 heavy (non-hydrogen) atoms. The third-order valence-electron chi connectivity index (χ3n) is 3.08. The summed E-state index contributed by atoms with van der Waals surface area (Å²) >= 11 is 0. The molecular weight excluding hydrogens is 306 g/mol. The average Bonchev–Trinajstić information content (AvgIpc) is 3.04. The van der Waals surface area contributed by atoms with Crippen LogP contribution in [0, 0.1) is 0 Å². The normalized spacial score (nSPS) is 11.4. The number of nitrogens with zero attached hydrogens (tertiary/aromatic N) is 2. The van der Waals surface area contributed by atoms with Crippen LogP contribution in [0.15, 0.2) is 41.6 Å². The SMILES string of the molecule is COc1ccc(OC)c(S(=O)(=O)NCCCn2cccn2)c1. The van der Waals surface area contributed by atoms with Crippen LogP contribution in [0.5, 0.6) is 11.5 Å². The number of ether oxygens (including phenoxy) is 2. The largest absolute Gasteiger partial charge is 0.497 e. The molecule has 1 N–H and O–H groups in total. The zero-order chi connectivity index (χ0) is 16.0. The van der Waals surface area contributed by atoms with E-state index >= 15 is 0 Å². The van der Waals surface area contributed by atoms with Crippen molar-refractivity contribution in [3.63, 3.8) is 0 Å². The highest BCUT2D eigenvalue weighted by atomic mass is 32.2. The summed E-state index contributed by atoms with van der Waals surface area (Å²) in [5.74, 6) is 0.734. The van der Waals surface area contributed by atoms with Crippen LogP contribution in [0.3, 0.4) is 0 Å². The third-order valence-corrected chi connectivity index (χ3v) is 4.56. The molecule has 0 spiro atoms. The van der Waals surface area contributed by atoms with Crippen LogP contribution in [-0.2, 0) is 16.6 Å². The lowest BCUT2D eigenvalue weighted by Crippen LogP contribution is -2.26. The number of sulfonamides is 1. The molecule has 0 bridgehead atoms. The molecule has 0 fully saturated rings. The van der Waals surface area contributed by atoms with Crippen LogP contribution in [-0.4, -0.2) is 39.0 Å². The molecule has 0 aliphatic carbocycles. The quantitative estimate of drug-likeness (QED) is 0.739. The maximum absolute atomic E-state index is 12.4. The van der Waals surface area contributed by atoms with E-state index in [0.717, 1.165) is 0 Å². The molecular formula is C14H19N3O4S. The van der Waals surface area contributed by atoms with Crippen molar-refractivity contribution in [2.24, 2.45) is 0 Å². The molecule has 2 aromatic rings. The van der Waals surface area contributed by atoms with Crippen molar-refractivity contribution < 1.29 is 17.9 Å². The van der Waals surface area contributed by atoms with Crippen molar-refractivity contribution in [1.82, 2.24) is 14.5 Å². The van der Waals surface area contributed by atoms with Gasteiger partial charge in [0.2, 0.25) is 10.0 Å². The number of hydrogen-bond donors (Lipinski definition) is 1. The van der Waals surface area contributed by atoms with E-state index in [2.05, 4.69) is 9.82 Å². The summed E-state index contributed by atoms with van der Waals surface area (Å²) in [5.41, 5.74) is 0. The molecule has 7 nitrogen and oxygen atoms in total. The Labute approximate surface area is 129 Å². The van der Waals surface area contributed by atoms with Gasteiger partial charge in [-0.2, -0.15) is 5.10 Å². The highest BCUT2D eigenvalue weighted by Crippen LogP contribution is 2.27. The Bertz CT molecular complexity index is 699. The van der Waals surface area contributed by atoms with E-state index in [1.807, 2.05) is 12.3 Å². The molecule has 0 radical (unpaired) electrons. The Hall–Kier alpha value is -2.06. The van der Waals surface area contributed by atoms with Gasteiger partial charge in [-0.1, -0.05) is 0 Å². The van der Waals surface area contributed by atoms with Crippen LogP contribution in [0.1, 0.15) is 6.42 Å². The van der Waals surface area contributed by atoms with Gasteiger partial charge >= 0.3 is 0 Å². The van der Waals surface area contributed by atoms with E-state index in [4.69, 9.17) is 9.47 Å². The molecule has 0 unspecified atom stereocenters. The predicted octanol–water partition coefficient (Wildman–Crippen LogP) is 1.27. The highest BCUT2D eigenvalue weighted by Gasteiger charge is 2.19. The summed E-state index contributed by atoms with van der Waals surface area (Å²) in [4.78, 5) is 0.0634. The van der Waals surface area contributed by atoms with Crippen molar-refractivity contribution in [3.05, 3.63) is 36.7 Å². The summed E-state index contributed by atoms with van der Waals surface area (Å²) < 4.78 is 39.2. The average molecular weight is 325 g/mol. The molecule has 0 aliphatic rings. The van der Waals surface area contributed by atoms with Crippen molar-refractivity contribution in [2.45, 2.75) is 17.9 Å². The summed E-state index contributed by atoms with van der Waals surface area (Å²) in [5, 5.41) is 4.06. The Balaban J connectivity index is 2.03. The second kappa shape index (κ2) is 7.28. The fourth-order valence-electron chi connectivity index (χ4n) is 1.95. The summed E-state index contributed by atoms with van der Waals surface area (Å²) in [6.07, 6.45) is 4.15. The maximum Gasteiger partial charge on any atom is 0.244 e. The molecule has 1 aromatic heterocycles. The number of rotatable bonds is 8. The van der Waals surface area contributed by atoms with Gasteiger partial charge in [0.05, 0.1) is 14.2 Å². The van der Waals surface area contributed by atoms with E-state index in [1.54, 1.807) is 23.0 Å². The minimum absolute atomic E-state index is 0.0634. The van der Waals surface area contributed by atoms with Gasteiger partial charge in [0, 0.05) is 31.5 Å². The van der Waals surface area contributed by atoms with E-state index < -0.39 is 10.0 Å². The molecule has 0 amide bonds. The number of nitrogens with one attached hydrogen (secondary N) is 1. The minimum atomic E-state index is -3.66. The zero-order valence-electron chi connectivity index (χ0n) is 12.5. The van der Waals surface area contributed by atoms with E-state index in [9.17, 15) is 8.42 Å². The first-order valence-electron chi connectivity index (χ1n) is 6.76. The Morgan fingerprint density at radius 2 is 2.09 bits per heavy atom. The lowest BCUT2D eigenvalue weighted by atomic mass is 10.3. The minimum Gasteiger partial charge on any atom is -0.497 e. The van der Waals surface area contributed by atoms with Crippen LogP contribution in [0.25, 0.3) is 0 Å². The van der Waals surface area contributed by atoms with Crippen molar-refractivity contribution in [3.8, 4) is 11.5 Å². The van der Waals surface area contributed by atoms with E-state index in [-0.39, 0.29) is 10.6 Å². The third kappa shape index (κ3) is 3.99. The molecule has 0 saturated carbocycles. The molecule has 2 rings (SSSR count). The topological polar surface area (TPSA) is 82.5 Å². The molecule has 1 heterocycles. The van der Waals surface area contributed by atoms with Gasteiger partial charge < -0.3 is 9.47 Å². The first kappa shape index (κ1) is 16.3. The number of aromatic nitrogens is 2. The molecule has 0 atom stereocenters. The van der Waals surface area contributed by atoms with Gasteiger partial charge in [0.25, 0.3) is 0 Å². The van der Waals surface area contributed by atoms with Gasteiger partial charge in [-0.15, -0.1) is 0 Å². The van der Waals surface area contributed by atoms with Crippen LogP contribution < -0.4 is 14.2 Å². The first-order chi connectivity index (χ1) is 10.6. The molecule has 0 aliphatic heterocycles. The fourth-order valence-corrected chi connectivity index (χ4v) is 3.21. The standard InChI is InChI=1S/C14H19N3O4S/c1-20-12-5-6-13(21-2)14(11-12)22(18,19)16-8-4-10-17-9-3-7-15-17/h3,5-7,9,11,16H,4,8,10H2,1-2H3. The lowest BCUT2D eigenvalue weighted by Gasteiger charge is -2.12. The summed E-state index contributed by atoms with van der Waals surface area (Å²) in [6, 6.07) is 6.48. The number of benzene rings is 1. The zero-order valence-corrected chi connectivity index (χ0v) is 13.3. The van der Waals surface area contributed by atoms with Gasteiger partial charge in [0.15, 0.2) is 0 Å². The number of aryl methyl sites for hydroxylation is 1. The Morgan fingerprint density at radius 3 is 2.73 bits per heavy atom. The maximum atomic E-state index is 12.4. The molecule has 8 heteroatoms. The van der Waals surface area contributed by atoms with Crippen LogP contribution >= 0.6 is 0 Å². The summed E-state index contributed by atoms with van der Waals surface area (Å²) in [7, 11) is -0.750. The lowest BCUT2D eigenvalue weighted by molar-refractivity contribution is 0.392. The second-order valence-electron chi connectivity index (χ2n) is 4.54. The Kier molecular flexibility index (Phi) is 5.40. The molecule has 0 saturated heterocycles. The van der Waals surface area contributed by atoms with Gasteiger partial charge in [0.1, 0.15) is 16.4 Å². The highest BCUT2D eigenvalue weighted by molar-refractivity contribution is 7.89. The Morgan fingerprint density at radius 1 is 1.27 bits per heavy atom. The van der Waals surface area contributed by atoms with Crippen LogP contribution in [0.2, 0.25) is 0 Å². The van der Waals surface area contributed by atoms with Gasteiger partial charge in [-0.05, 0) is 24.6 Å². The van der Waals surface area contributed by atoms with E-state index in [1.165, 1.54) is 20.3 Å². The van der Waals surface area contributed by atoms with Crippen molar-refractivity contribution >= 4 is 10.0 Å². The van der Waals surface area contributed by atoms with Gasteiger partial charge in [-0.25, -0.2) is 13.1 Å². The van der Waals surface area contributed by atoms with Crippen molar-refractivity contribution in [2.75, 3.05) is 20.8 Å². The van der Waals surface area contributed by atoms with Crippen molar-refractivity contribution in [1.29, 1.82) is 0 Å². The smallest absolute Gasteiger partial charge is 0.244 e. The van der Waals surface area contributed by atoms with Crippen LogP contribution in [0.4, 0.5) is 0 Å². The predicted molar refractivity (Wildman–Crippen MR) is 81.6 cm³/mol. The fraction of sp³-hybridized carbons (Fsp3) is 0.357. The van der Waals surface area contributed by atoms with Gasteiger partial charge in [-0.3, -0.25) is 4.68 Å². The number of hydrogen-bond acceptors (Lipinski definition) is 5. The first-order valence-corrected chi connectivity index (χ1v) is 8.24.